The number of benzene rings is 2. The third-order valence-corrected chi connectivity index (χ3v) is 5.65. The first-order valence-corrected chi connectivity index (χ1v) is 9.77. The van der Waals surface area contributed by atoms with Crippen molar-refractivity contribution in [3.05, 3.63) is 58.1 Å². The Bertz CT molecular complexity index is 900. The average molecular weight is 462 g/mol. The van der Waals surface area contributed by atoms with Crippen molar-refractivity contribution in [3.8, 4) is 0 Å². The lowest BCUT2D eigenvalue weighted by Crippen LogP contribution is -2.18. The van der Waals surface area contributed by atoms with Crippen molar-refractivity contribution in [2.24, 2.45) is 5.92 Å². The molecule has 1 aliphatic carbocycles. The molecule has 28 heavy (non-hydrogen) atoms. The summed E-state index contributed by atoms with van der Waals surface area (Å²) < 4.78 is 3.51. The largest absolute Gasteiger partial charge is 0.375 e. The Morgan fingerprint density at radius 1 is 1.04 bits per heavy atom. The number of ether oxygens (including phenoxy) is 1. The topological polar surface area (TPSA) is 67.4 Å². The van der Waals surface area contributed by atoms with Gasteiger partial charge in [-0.15, -0.1) is 23.2 Å². The Labute approximate surface area is 182 Å². The van der Waals surface area contributed by atoms with Gasteiger partial charge in [0.2, 0.25) is 11.8 Å². The zero-order chi connectivity index (χ0) is 20.5. The first kappa shape index (κ1) is 21.2. The summed E-state index contributed by atoms with van der Waals surface area (Å²) in [6.45, 7) is -0.0659. The van der Waals surface area contributed by atoms with Gasteiger partial charge in [-0.2, -0.15) is 0 Å². The van der Waals surface area contributed by atoms with Crippen LogP contribution < -0.4 is 10.6 Å². The normalized spacial score (nSPS) is 19.8. The maximum atomic E-state index is 12.7. The second-order valence-corrected chi connectivity index (χ2v) is 8.70. The molecular weight excluding hydrogens is 446 g/mol. The predicted octanol–water partition coefficient (Wildman–Crippen LogP) is 5.10. The molecule has 0 heterocycles. The molecule has 148 valence electrons. The minimum Gasteiger partial charge on any atom is -0.375 e. The summed E-state index contributed by atoms with van der Waals surface area (Å²) in [5.41, 5.74) is 1.72. The van der Waals surface area contributed by atoms with E-state index in [4.69, 9.17) is 51.1 Å². The van der Waals surface area contributed by atoms with E-state index in [9.17, 15) is 9.59 Å². The second-order valence-electron chi connectivity index (χ2n) is 6.38. The fraction of sp³-hybridized carbons (Fsp3) is 0.263. The Morgan fingerprint density at radius 2 is 1.64 bits per heavy atom. The highest BCUT2D eigenvalue weighted by atomic mass is 35.5. The molecule has 1 fully saturated rings. The molecule has 2 atom stereocenters. The van der Waals surface area contributed by atoms with Crippen molar-refractivity contribution in [2.75, 3.05) is 24.4 Å². The van der Waals surface area contributed by atoms with E-state index in [0.29, 0.717) is 27.0 Å². The minimum atomic E-state index is -1.26. The SMILES string of the molecule is COCC(=O)Nc1cccc(NC(=O)C2C(c3cc(Cl)cc(Cl)c3)C2(Cl)Cl)c1. The summed E-state index contributed by atoms with van der Waals surface area (Å²) >= 11 is 24.8. The average Bonchev–Trinajstić information content (AvgIpc) is 3.17. The molecule has 3 rings (SSSR count). The van der Waals surface area contributed by atoms with Crippen LogP contribution >= 0.6 is 46.4 Å². The van der Waals surface area contributed by atoms with Crippen LogP contribution in [0.2, 0.25) is 10.0 Å². The Kier molecular flexibility index (Phi) is 6.42. The first-order valence-electron chi connectivity index (χ1n) is 8.26. The molecule has 0 radical (unpaired) electrons. The van der Waals surface area contributed by atoms with Gasteiger partial charge in [0.05, 0.1) is 5.92 Å². The summed E-state index contributed by atoms with van der Waals surface area (Å²) in [6, 6.07) is 11.7. The molecule has 0 aromatic heterocycles. The van der Waals surface area contributed by atoms with Crippen LogP contribution in [0.3, 0.4) is 0 Å². The van der Waals surface area contributed by atoms with Gasteiger partial charge in [-0.05, 0) is 42.0 Å². The van der Waals surface area contributed by atoms with Gasteiger partial charge >= 0.3 is 0 Å². The van der Waals surface area contributed by atoms with E-state index in [1.807, 2.05) is 0 Å². The van der Waals surface area contributed by atoms with Crippen LogP contribution in [0.1, 0.15) is 11.5 Å². The number of rotatable bonds is 6. The lowest BCUT2D eigenvalue weighted by Gasteiger charge is -2.09. The van der Waals surface area contributed by atoms with E-state index < -0.39 is 16.2 Å². The second kappa shape index (κ2) is 8.47. The first-order chi connectivity index (χ1) is 13.2. The molecule has 0 aliphatic heterocycles. The molecule has 2 unspecified atom stereocenters. The third kappa shape index (κ3) is 4.73. The smallest absolute Gasteiger partial charge is 0.250 e. The maximum Gasteiger partial charge on any atom is 0.250 e. The van der Waals surface area contributed by atoms with E-state index in [2.05, 4.69) is 10.6 Å². The molecule has 2 aromatic carbocycles. The molecule has 0 spiro atoms. The number of hydrogen-bond acceptors (Lipinski definition) is 3. The molecule has 0 saturated heterocycles. The molecule has 5 nitrogen and oxygen atoms in total. The molecule has 1 aliphatic rings. The summed E-state index contributed by atoms with van der Waals surface area (Å²) in [5, 5.41) is 6.33. The molecule has 2 aromatic rings. The highest BCUT2D eigenvalue weighted by molar-refractivity contribution is 6.53. The fourth-order valence-corrected chi connectivity index (χ4v) is 4.42. The summed E-state index contributed by atoms with van der Waals surface area (Å²) in [7, 11) is 1.43. The van der Waals surface area contributed by atoms with Crippen molar-refractivity contribution in [2.45, 2.75) is 10.3 Å². The molecule has 9 heteroatoms. The van der Waals surface area contributed by atoms with Gasteiger partial charge in [-0.25, -0.2) is 0 Å². The van der Waals surface area contributed by atoms with Crippen LogP contribution in [0.5, 0.6) is 0 Å². The van der Waals surface area contributed by atoms with E-state index >= 15 is 0 Å². The van der Waals surface area contributed by atoms with E-state index in [0.717, 1.165) is 0 Å². The molecule has 0 bridgehead atoms. The molecular formula is C19H16Cl4N2O3. The maximum absolute atomic E-state index is 12.7. The zero-order valence-corrected chi connectivity index (χ0v) is 17.7. The quantitative estimate of drug-likeness (QED) is 0.587. The lowest BCUT2D eigenvalue weighted by atomic mass is 10.1. The third-order valence-electron chi connectivity index (χ3n) is 4.27. The molecule has 2 N–H and O–H groups in total. The number of amides is 2. The van der Waals surface area contributed by atoms with Crippen molar-refractivity contribution < 1.29 is 14.3 Å². The Hall–Kier alpha value is -1.50. The van der Waals surface area contributed by atoms with Gasteiger partial charge < -0.3 is 15.4 Å². The van der Waals surface area contributed by atoms with Gasteiger partial charge in [-0.3, -0.25) is 9.59 Å². The van der Waals surface area contributed by atoms with Gasteiger partial charge in [0.15, 0.2) is 0 Å². The van der Waals surface area contributed by atoms with E-state index in [1.54, 1.807) is 42.5 Å². The van der Waals surface area contributed by atoms with E-state index in [-0.39, 0.29) is 18.4 Å². The summed E-state index contributed by atoms with van der Waals surface area (Å²) in [5.74, 6) is -1.74. The molecule has 2 amide bonds. The Balaban J connectivity index is 1.72. The van der Waals surface area contributed by atoms with Crippen LogP contribution in [0, 0.1) is 5.92 Å². The van der Waals surface area contributed by atoms with Gasteiger partial charge in [0, 0.05) is 34.4 Å². The molecule has 1 saturated carbocycles. The number of alkyl halides is 2. The standard InChI is InChI=1S/C19H16Cl4N2O3/c1-28-9-15(26)24-13-3-2-4-14(8-13)25-18(27)17-16(19(17,22)23)10-5-11(20)7-12(21)6-10/h2-8,16-17H,9H2,1H3,(H,24,26)(H,25,27). The van der Waals surface area contributed by atoms with Crippen molar-refractivity contribution in [1.29, 1.82) is 0 Å². The highest BCUT2D eigenvalue weighted by Gasteiger charge is 2.67. The number of methoxy groups -OCH3 is 1. The van der Waals surface area contributed by atoms with Crippen LogP contribution in [0.25, 0.3) is 0 Å². The predicted molar refractivity (Wildman–Crippen MR) is 113 cm³/mol. The van der Waals surface area contributed by atoms with Crippen molar-refractivity contribution in [3.63, 3.8) is 0 Å². The fourth-order valence-electron chi connectivity index (χ4n) is 3.05. The van der Waals surface area contributed by atoms with Gasteiger partial charge in [0.1, 0.15) is 10.9 Å². The van der Waals surface area contributed by atoms with Gasteiger partial charge in [-0.1, -0.05) is 29.3 Å². The van der Waals surface area contributed by atoms with Gasteiger partial charge in [0.25, 0.3) is 0 Å². The summed E-state index contributed by atoms with van der Waals surface area (Å²) in [6.07, 6.45) is 0. The van der Waals surface area contributed by atoms with Crippen LogP contribution in [-0.4, -0.2) is 29.9 Å². The lowest BCUT2D eigenvalue weighted by molar-refractivity contribution is -0.119. The zero-order valence-electron chi connectivity index (χ0n) is 14.6. The number of halogens is 4. The van der Waals surface area contributed by atoms with E-state index in [1.165, 1.54) is 7.11 Å². The van der Waals surface area contributed by atoms with Crippen LogP contribution in [0.4, 0.5) is 11.4 Å². The van der Waals surface area contributed by atoms with Crippen molar-refractivity contribution in [1.82, 2.24) is 0 Å². The summed E-state index contributed by atoms with van der Waals surface area (Å²) in [4.78, 5) is 24.4. The van der Waals surface area contributed by atoms with Crippen LogP contribution in [0.15, 0.2) is 42.5 Å². The number of anilines is 2. The van der Waals surface area contributed by atoms with Crippen molar-refractivity contribution >= 4 is 69.6 Å². The highest BCUT2D eigenvalue weighted by Crippen LogP contribution is 2.65. The number of carbonyl (C=O) groups is 2. The van der Waals surface area contributed by atoms with Crippen LogP contribution in [-0.2, 0) is 14.3 Å². The number of hydrogen-bond donors (Lipinski definition) is 2. The Morgan fingerprint density at radius 3 is 2.25 bits per heavy atom. The monoisotopic (exact) mass is 460 g/mol. The number of carbonyl (C=O) groups excluding carboxylic acids is 2. The number of nitrogens with one attached hydrogen (secondary N) is 2. The minimum absolute atomic E-state index is 0.0659.